The molecule has 2 fully saturated rings. The van der Waals surface area contributed by atoms with E-state index in [9.17, 15) is 9.90 Å². The number of amides is 2. The topological polar surface area (TPSA) is 43.8 Å². The van der Waals surface area contributed by atoms with Gasteiger partial charge in [-0.25, -0.2) is 4.79 Å². The smallest absolute Gasteiger partial charge is 0.319 e. The number of rotatable bonds is 2. The number of urea groups is 1. The third kappa shape index (κ3) is 3.16. The number of hydrogen-bond acceptors (Lipinski definition) is 2. The van der Waals surface area contributed by atoms with Crippen LogP contribution in [-0.2, 0) is 0 Å². The van der Waals surface area contributed by atoms with Crippen molar-refractivity contribution >= 4 is 6.03 Å². The molecule has 18 heavy (non-hydrogen) atoms. The molecule has 104 valence electrons. The molecule has 4 heteroatoms. The summed E-state index contributed by atoms with van der Waals surface area (Å²) >= 11 is 0. The fraction of sp³-hybridized carbons (Fsp3) is 0.929. The Hall–Kier alpha value is -0.770. The first-order valence-electron chi connectivity index (χ1n) is 7.23. The van der Waals surface area contributed by atoms with Crippen LogP contribution in [0.25, 0.3) is 0 Å². The van der Waals surface area contributed by atoms with E-state index in [1.807, 2.05) is 11.9 Å². The predicted octanol–water partition coefficient (Wildman–Crippen LogP) is 2.08. The average Bonchev–Trinajstić information content (AvgIpc) is 2.74. The molecule has 0 bridgehead atoms. The van der Waals surface area contributed by atoms with Crippen molar-refractivity contribution in [1.29, 1.82) is 0 Å². The number of carbonyl (C=O) groups excluding carboxylic acids is 1. The fourth-order valence-electron chi connectivity index (χ4n) is 3.30. The van der Waals surface area contributed by atoms with Crippen molar-refractivity contribution in [1.82, 2.24) is 9.80 Å². The van der Waals surface area contributed by atoms with Crippen molar-refractivity contribution in [2.45, 2.75) is 51.0 Å². The summed E-state index contributed by atoms with van der Waals surface area (Å²) in [5.41, 5.74) is -0.633. The highest BCUT2D eigenvalue weighted by atomic mass is 16.3. The average molecular weight is 254 g/mol. The third-order valence-electron chi connectivity index (χ3n) is 4.32. The Labute approximate surface area is 110 Å². The first-order valence-corrected chi connectivity index (χ1v) is 7.23. The van der Waals surface area contributed by atoms with Gasteiger partial charge < -0.3 is 14.9 Å². The summed E-state index contributed by atoms with van der Waals surface area (Å²) in [6.45, 7) is 4.41. The Morgan fingerprint density at radius 3 is 2.67 bits per heavy atom. The van der Waals surface area contributed by atoms with Gasteiger partial charge in [-0.3, -0.25) is 0 Å². The molecule has 2 rings (SSSR count). The van der Waals surface area contributed by atoms with E-state index >= 15 is 0 Å². The lowest BCUT2D eigenvalue weighted by Crippen LogP contribution is -2.50. The van der Waals surface area contributed by atoms with E-state index in [1.54, 1.807) is 4.90 Å². The summed E-state index contributed by atoms with van der Waals surface area (Å²) in [5, 5.41) is 10.3. The Morgan fingerprint density at radius 1 is 1.39 bits per heavy atom. The van der Waals surface area contributed by atoms with E-state index in [0.29, 0.717) is 12.5 Å². The second kappa shape index (κ2) is 5.47. The zero-order valence-corrected chi connectivity index (χ0v) is 11.7. The summed E-state index contributed by atoms with van der Waals surface area (Å²) < 4.78 is 0. The van der Waals surface area contributed by atoms with Crippen LogP contribution in [0.4, 0.5) is 4.79 Å². The van der Waals surface area contributed by atoms with Crippen molar-refractivity contribution in [2.75, 3.05) is 26.7 Å². The molecule has 1 heterocycles. The van der Waals surface area contributed by atoms with Gasteiger partial charge in [0.05, 0.1) is 12.1 Å². The molecule has 0 aromatic rings. The Morgan fingerprint density at radius 2 is 2.06 bits per heavy atom. The highest BCUT2D eigenvalue weighted by Gasteiger charge is 2.34. The molecule has 0 radical (unpaired) electrons. The summed E-state index contributed by atoms with van der Waals surface area (Å²) in [6, 6.07) is 0.0851. The van der Waals surface area contributed by atoms with Crippen LogP contribution in [0, 0.1) is 5.92 Å². The van der Waals surface area contributed by atoms with E-state index in [2.05, 4.69) is 6.92 Å². The first-order chi connectivity index (χ1) is 8.50. The van der Waals surface area contributed by atoms with Gasteiger partial charge in [0.15, 0.2) is 0 Å². The van der Waals surface area contributed by atoms with Crippen LogP contribution in [0.15, 0.2) is 0 Å². The van der Waals surface area contributed by atoms with Crippen molar-refractivity contribution in [3.05, 3.63) is 0 Å². The first kappa shape index (κ1) is 13.7. The summed E-state index contributed by atoms with van der Waals surface area (Å²) in [7, 11) is 1.82. The van der Waals surface area contributed by atoms with E-state index in [0.717, 1.165) is 45.2 Å². The lowest BCUT2D eigenvalue weighted by Gasteiger charge is -2.36. The normalized spacial score (nSPS) is 27.3. The summed E-state index contributed by atoms with van der Waals surface area (Å²) in [5.74, 6) is 0.602. The van der Waals surface area contributed by atoms with Gasteiger partial charge in [-0.15, -0.1) is 0 Å². The molecular formula is C14H26N2O2. The maximum atomic E-state index is 12.3. The minimum absolute atomic E-state index is 0.0851. The number of likely N-dealkylation sites (N-methyl/N-ethyl adjacent to an activating group) is 1. The summed E-state index contributed by atoms with van der Waals surface area (Å²) in [6.07, 6.45) is 6.16. The Bertz CT molecular complexity index is 300. The van der Waals surface area contributed by atoms with Gasteiger partial charge in [0.1, 0.15) is 0 Å². The number of carbonyl (C=O) groups is 1. The quantitative estimate of drug-likeness (QED) is 0.820. The van der Waals surface area contributed by atoms with Crippen LogP contribution >= 0.6 is 0 Å². The molecule has 1 N–H and O–H groups in total. The minimum atomic E-state index is -0.633. The maximum Gasteiger partial charge on any atom is 0.319 e. The zero-order chi connectivity index (χ0) is 13.2. The molecule has 1 saturated heterocycles. The minimum Gasteiger partial charge on any atom is -0.388 e. The molecule has 1 aliphatic heterocycles. The number of aliphatic hydroxyl groups is 1. The molecule has 1 unspecified atom stereocenters. The summed E-state index contributed by atoms with van der Waals surface area (Å²) in [4.78, 5) is 16.0. The van der Waals surface area contributed by atoms with Crippen molar-refractivity contribution in [3.8, 4) is 0 Å². The lowest BCUT2D eigenvalue weighted by molar-refractivity contribution is 0.0190. The van der Waals surface area contributed by atoms with Crippen molar-refractivity contribution < 1.29 is 9.90 Å². The maximum absolute atomic E-state index is 12.3. The van der Waals surface area contributed by atoms with E-state index in [4.69, 9.17) is 0 Å². The number of piperidine rings is 1. The van der Waals surface area contributed by atoms with Gasteiger partial charge in [-0.05, 0) is 31.6 Å². The second-order valence-corrected chi connectivity index (χ2v) is 6.26. The van der Waals surface area contributed by atoms with Crippen molar-refractivity contribution in [2.24, 2.45) is 5.92 Å². The number of likely N-dealkylation sites (tertiary alicyclic amines) is 1. The molecule has 0 aromatic carbocycles. The Balaban J connectivity index is 1.87. The van der Waals surface area contributed by atoms with Crippen molar-refractivity contribution in [3.63, 3.8) is 0 Å². The van der Waals surface area contributed by atoms with Gasteiger partial charge in [-0.1, -0.05) is 19.8 Å². The largest absolute Gasteiger partial charge is 0.388 e. The molecule has 0 aromatic heterocycles. The van der Waals surface area contributed by atoms with Crippen LogP contribution in [0.1, 0.15) is 45.4 Å². The molecule has 1 saturated carbocycles. The van der Waals surface area contributed by atoms with Crippen LogP contribution in [0.3, 0.4) is 0 Å². The van der Waals surface area contributed by atoms with Gasteiger partial charge in [0, 0.05) is 20.1 Å². The highest BCUT2D eigenvalue weighted by molar-refractivity contribution is 5.74. The third-order valence-corrected chi connectivity index (χ3v) is 4.32. The predicted molar refractivity (Wildman–Crippen MR) is 71.4 cm³/mol. The zero-order valence-electron chi connectivity index (χ0n) is 11.7. The molecule has 0 spiro atoms. The SMILES string of the molecule is CC1CCCN(C(=O)N(C)CC2(O)CCCC2)C1. The molecule has 4 nitrogen and oxygen atoms in total. The van der Waals surface area contributed by atoms with Gasteiger partial charge >= 0.3 is 6.03 Å². The number of hydrogen-bond donors (Lipinski definition) is 1. The van der Waals surface area contributed by atoms with Gasteiger partial charge in [0.25, 0.3) is 0 Å². The van der Waals surface area contributed by atoms with E-state index < -0.39 is 5.60 Å². The van der Waals surface area contributed by atoms with Crippen LogP contribution in [0.5, 0.6) is 0 Å². The standard InChI is InChI=1S/C14H26N2O2/c1-12-6-5-9-16(10-12)13(17)15(2)11-14(18)7-3-4-8-14/h12,18H,3-11H2,1-2H3. The highest BCUT2D eigenvalue weighted by Crippen LogP contribution is 2.30. The van der Waals surface area contributed by atoms with E-state index in [-0.39, 0.29) is 6.03 Å². The van der Waals surface area contributed by atoms with Gasteiger partial charge in [-0.2, -0.15) is 0 Å². The molecule has 2 amide bonds. The molecule has 2 aliphatic rings. The number of nitrogens with zero attached hydrogens (tertiary/aromatic N) is 2. The lowest BCUT2D eigenvalue weighted by atomic mass is 10.0. The monoisotopic (exact) mass is 254 g/mol. The Kier molecular flexibility index (Phi) is 4.15. The molecular weight excluding hydrogens is 228 g/mol. The molecule has 1 aliphatic carbocycles. The van der Waals surface area contributed by atoms with Crippen LogP contribution in [0.2, 0.25) is 0 Å². The van der Waals surface area contributed by atoms with Crippen LogP contribution in [-0.4, -0.2) is 53.2 Å². The van der Waals surface area contributed by atoms with Crippen LogP contribution < -0.4 is 0 Å². The van der Waals surface area contributed by atoms with E-state index in [1.165, 1.54) is 6.42 Å². The fourth-order valence-corrected chi connectivity index (χ4v) is 3.30. The molecule has 1 atom stereocenters. The second-order valence-electron chi connectivity index (χ2n) is 6.26. The van der Waals surface area contributed by atoms with Gasteiger partial charge in [0.2, 0.25) is 0 Å².